The van der Waals surface area contributed by atoms with Crippen molar-refractivity contribution in [3.05, 3.63) is 70.4 Å². The minimum atomic E-state index is -3.10. The summed E-state index contributed by atoms with van der Waals surface area (Å²) in [5.74, 6) is -2.48. The molecule has 5 aromatic rings. The molecule has 0 spiro atoms. The predicted molar refractivity (Wildman–Crippen MR) is 122 cm³/mol. The number of rotatable bonds is 4. The van der Waals surface area contributed by atoms with Gasteiger partial charge in [0, 0.05) is 25.0 Å². The standard InChI is InChI=1S/C21H17ClF2N10O/c1-20(8-21(23,24)9-33(20)17-14-16(28-10-27-14)29-11-30-17)19-31-34-6-3-12(22)15(34)18(35)32(19)7-13-25-4-2-5-26-13/h2-6,10-11H,7-9H2,1H3,(H,27,28,29,30)/t20-/m0/s1. The van der Waals surface area contributed by atoms with E-state index in [0.29, 0.717) is 17.0 Å². The summed E-state index contributed by atoms with van der Waals surface area (Å²) in [5, 5.41) is 4.81. The Kier molecular flexibility index (Phi) is 4.61. The quantitative estimate of drug-likeness (QED) is 0.401. The first-order valence-corrected chi connectivity index (χ1v) is 11.0. The molecule has 0 radical (unpaired) electrons. The average molecular weight is 499 g/mol. The molecule has 11 nitrogen and oxygen atoms in total. The van der Waals surface area contributed by atoms with E-state index in [9.17, 15) is 4.79 Å². The van der Waals surface area contributed by atoms with Crippen molar-refractivity contribution in [1.29, 1.82) is 0 Å². The van der Waals surface area contributed by atoms with Crippen LogP contribution in [0.4, 0.5) is 14.6 Å². The van der Waals surface area contributed by atoms with Gasteiger partial charge in [-0.2, -0.15) is 5.10 Å². The van der Waals surface area contributed by atoms with Crippen molar-refractivity contribution in [2.45, 2.75) is 31.4 Å². The molecular weight excluding hydrogens is 482 g/mol. The molecule has 1 saturated heterocycles. The second kappa shape index (κ2) is 7.50. The van der Waals surface area contributed by atoms with Gasteiger partial charge in [-0.3, -0.25) is 9.36 Å². The van der Waals surface area contributed by atoms with E-state index < -0.39 is 30.0 Å². The number of aromatic nitrogens is 9. The number of H-pyrrole nitrogens is 1. The van der Waals surface area contributed by atoms with Gasteiger partial charge >= 0.3 is 0 Å². The Morgan fingerprint density at radius 1 is 1.17 bits per heavy atom. The van der Waals surface area contributed by atoms with Crippen molar-refractivity contribution >= 4 is 34.1 Å². The third-order valence-electron chi connectivity index (χ3n) is 6.17. The van der Waals surface area contributed by atoms with Crippen LogP contribution in [0.3, 0.4) is 0 Å². The molecule has 0 aromatic carbocycles. The molecule has 1 aliphatic rings. The van der Waals surface area contributed by atoms with E-state index in [1.54, 1.807) is 13.0 Å². The largest absolute Gasteiger partial charge is 0.336 e. The Labute approximate surface area is 200 Å². The monoisotopic (exact) mass is 498 g/mol. The number of halogens is 3. The number of fused-ring (bicyclic) bond motifs is 2. The maximum atomic E-state index is 15.1. The third-order valence-corrected chi connectivity index (χ3v) is 6.47. The van der Waals surface area contributed by atoms with Gasteiger partial charge < -0.3 is 9.88 Å². The highest BCUT2D eigenvalue weighted by molar-refractivity contribution is 6.33. The van der Waals surface area contributed by atoms with E-state index in [1.165, 1.54) is 51.3 Å². The van der Waals surface area contributed by atoms with Crippen molar-refractivity contribution in [1.82, 2.24) is 44.1 Å². The number of imidazole rings is 1. The van der Waals surface area contributed by atoms with E-state index in [0.717, 1.165) is 0 Å². The van der Waals surface area contributed by atoms with E-state index in [4.69, 9.17) is 11.6 Å². The second-order valence-electron chi connectivity index (χ2n) is 8.53. The zero-order valence-electron chi connectivity index (χ0n) is 18.2. The summed E-state index contributed by atoms with van der Waals surface area (Å²) in [4.78, 5) is 38.9. The first-order chi connectivity index (χ1) is 16.8. The lowest BCUT2D eigenvalue weighted by Crippen LogP contribution is -2.45. The normalized spacial score (nSPS) is 19.7. The van der Waals surface area contributed by atoms with E-state index in [2.05, 4.69) is 35.0 Å². The molecule has 178 valence electrons. The van der Waals surface area contributed by atoms with E-state index in [1.807, 2.05) is 0 Å². The first-order valence-electron chi connectivity index (χ1n) is 10.6. The molecular formula is C21H17ClF2N10O. The summed E-state index contributed by atoms with van der Waals surface area (Å²) in [7, 11) is 0. The van der Waals surface area contributed by atoms with Gasteiger partial charge in [-0.15, -0.1) is 0 Å². The average Bonchev–Trinajstić information content (AvgIpc) is 3.52. The maximum Gasteiger partial charge on any atom is 0.279 e. The molecule has 1 fully saturated rings. The fraction of sp³-hybridized carbons (Fsp3) is 0.286. The van der Waals surface area contributed by atoms with Crippen LogP contribution in [0.5, 0.6) is 0 Å². The van der Waals surface area contributed by atoms with Gasteiger partial charge in [0.15, 0.2) is 17.3 Å². The molecule has 0 unspecified atom stereocenters. The highest BCUT2D eigenvalue weighted by Crippen LogP contribution is 2.47. The van der Waals surface area contributed by atoms with Gasteiger partial charge in [-0.1, -0.05) is 11.6 Å². The zero-order chi connectivity index (χ0) is 24.4. The van der Waals surface area contributed by atoms with Crippen LogP contribution in [0.25, 0.3) is 16.7 Å². The molecule has 0 amide bonds. The summed E-state index contributed by atoms with van der Waals surface area (Å²) in [6.07, 6.45) is 6.68. The highest BCUT2D eigenvalue weighted by Gasteiger charge is 2.56. The van der Waals surface area contributed by atoms with Crippen molar-refractivity contribution in [3.63, 3.8) is 0 Å². The summed E-state index contributed by atoms with van der Waals surface area (Å²) < 4.78 is 32.8. The van der Waals surface area contributed by atoms with Gasteiger partial charge in [0.05, 0.1) is 24.4 Å². The van der Waals surface area contributed by atoms with Crippen LogP contribution in [0.15, 0.2) is 48.2 Å². The molecule has 1 aliphatic heterocycles. The van der Waals surface area contributed by atoms with Crippen LogP contribution in [0.2, 0.25) is 5.02 Å². The molecule has 5 aromatic heterocycles. The number of alkyl halides is 2. The Hall–Kier alpha value is -4.00. The van der Waals surface area contributed by atoms with Gasteiger partial charge in [0.1, 0.15) is 28.7 Å². The predicted octanol–water partition coefficient (Wildman–Crippen LogP) is 2.41. The van der Waals surface area contributed by atoms with Crippen molar-refractivity contribution in [2.75, 3.05) is 11.4 Å². The Morgan fingerprint density at radius 3 is 2.77 bits per heavy atom. The summed E-state index contributed by atoms with van der Waals surface area (Å²) in [6.45, 7) is 0.872. The van der Waals surface area contributed by atoms with Crippen LogP contribution >= 0.6 is 11.6 Å². The van der Waals surface area contributed by atoms with Crippen LogP contribution in [-0.2, 0) is 12.1 Å². The first kappa shape index (κ1) is 21.5. The Morgan fingerprint density at radius 2 is 1.97 bits per heavy atom. The number of nitrogens with one attached hydrogen (secondary N) is 1. The summed E-state index contributed by atoms with van der Waals surface area (Å²) in [6, 6.07) is 3.17. The number of hydrogen-bond donors (Lipinski definition) is 1. The minimum absolute atomic E-state index is 0.0867. The molecule has 0 bridgehead atoms. The lowest BCUT2D eigenvalue weighted by Gasteiger charge is -2.35. The number of hydrogen-bond acceptors (Lipinski definition) is 8. The van der Waals surface area contributed by atoms with Gasteiger partial charge in [-0.05, 0) is 19.1 Å². The third kappa shape index (κ3) is 3.33. The Bertz CT molecular complexity index is 1630. The van der Waals surface area contributed by atoms with Crippen molar-refractivity contribution in [3.8, 4) is 0 Å². The molecule has 6 heterocycles. The summed E-state index contributed by atoms with van der Waals surface area (Å²) >= 11 is 6.26. The maximum absolute atomic E-state index is 15.1. The number of anilines is 1. The molecule has 0 aliphatic carbocycles. The molecule has 1 atom stereocenters. The molecule has 6 rings (SSSR count). The topological polar surface area (TPSA) is 123 Å². The molecule has 1 N–H and O–H groups in total. The van der Waals surface area contributed by atoms with Gasteiger partial charge in [-0.25, -0.2) is 38.2 Å². The smallest absolute Gasteiger partial charge is 0.279 e. The van der Waals surface area contributed by atoms with Crippen molar-refractivity contribution in [2.24, 2.45) is 0 Å². The number of aromatic amines is 1. The van der Waals surface area contributed by atoms with Crippen LogP contribution in [-0.4, -0.2) is 56.6 Å². The lowest BCUT2D eigenvalue weighted by molar-refractivity contribution is 0.0161. The van der Waals surface area contributed by atoms with E-state index in [-0.39, 0.29) is 28.7 Å². The van der Waals surface area contributed by atoms with Crippen LogP contribution < -0.4 is 10.5 Å². The fourth-order valence-corrected chi connectivity index (χ4v) is 4.90. The fourth-order valence-electron chi connectivity index (χ4n) is 4.68. The summed E-state index contributed by atoms with van der Waals surface area (Å²) in [5.41, 5.74) is -1.09. The molecule has 0 saturated carbocycles. The van der Waals surface area contributed by atoms with Gasteiger partial charge in [0.2, 0.25) is 0 Å². The molecule has 35 heavy (non-hydrogen) atoms. The minimum Gasteiger partial charge on any atom is -0.336 e. The SMILES string of the molecule is C[C@@]1(c2nn3ccc(Cl)c3c(=O)n2Cc2ncccn2)CC(F)(F)CN1c1ncnc2[nH]cnc12. The number of nitrogens with zero attached hydrogens (tertiary/aromatic N) is 9. The van der Waals surface area contributed by atoms with Gasteiger partial charge in [0.25, 0.3) is 11.5 Å². The molecule has 14 heteroatoms. The van der Waals surface area contributed by atoms with Crippen LogP contribution in [0.1, 0.15) is 25.0 Å². The highest BCUT2D eigenvalue weighted by atomic mass is 35.5. The van der Waals surface area contributed by atoms with Crippen molar-refractivity contribution < 1.29 is 8.78 Å². The lowest BCUT2D eigenvalue weighted by atomic mass is 9.96. The van der Waals surface area contributed by atoms with Crippen LogP contribution in [0, 0.1) is 0 Å². The van der Waals surface area contributed by atoms with E-state index >= 15 is 8.78 Å². The zero-order valence-corrected chi connectivity index (χ0v) is 19.0. The second-order valence-corrected chi connectivity index (χ2v) is 8.93. The Balaban J connectivity index is 1.62.